The third kappa shape index (κ3) is 3.28. The van der Waals surface area contributed by atoms with E-state index in [1.165, 1.54) is 4.68 Å². The van der Waals surface area contributed by atoms with Crippen molar-refractivity contribution in [3.05, 3.63) is 43.8 Å². The van der Waals surface area contributed by atoms with E-state index >= 15 is 0 Å². The first-order valence-electron chi connectivity index (χ1n) is 7.83. The number of aromatic nitrogens is 3. The van der Waals surface area contributed by atoms with Crippen LogP contribution in [0.25, 0.3) is 0 Å². The highest BCUT2D eigenvalue weighted by Gasteiger charge is 2.15. The molecule has 0 aromatic carbocycles. The molecule has 118 valence electrons. The van der Waals surface area contributed by atoms with E-state index in [1.54, 1.807) is 17.4 Å². The number of hydrogen-bond donors (Lipinski definition) is 0. The number of ether oxygens (including phenoxy) is 1. The van der Waals surface area contributed by atoms with Crippen molar-refractivity contribution in [2.75, 3.05) is 6.61 Å². The lowest BCUT2D eigenvalue weighted by Gasteiger charge is -2.15. The molecule has 0 aliphatic heterocycles. The Morgan fingerprint density at radius 2 is 2.23 bits per heavy atom. The van der Waals surface area contributed by atoms with Crippen molar-refractivity contribution in [1.29, 1.82) is 0 Å². The minimum absolute atomic E-state index is 0.00281. The van der Waals surface area contributed by atoms with Gasteiger partial charge in [-0.25, -0.2) is 9.67 Å². The van der Waals surface area contributed by atoms with Gasteiger partial charge in [-0.3, -0.25) is 4.79 Å². The summed E-state index contributed by atoms with van der Waals surface area (Å²) < 4.78 is 7.09. The molecule has 0 unspecified atom stereocenters. The fraction of sp³-hybridized carbons (Fsp3) is 0.562. The molecule has 0 fully saturated rings. The Morgan fingerprint density at radius 3 is 3.05 bits per heavy atom. The first kappa shape index (κ1) is 15.4. The summed E-state index contributed by atoms with van der Waals surface area (Å²) in [5, 5.41) is 7.47. The van der Waals surface area contributed by atoms with Crippen LogP contribution < -0.4 is 5.56 Å². The maximum absolute atomic E-state index is 12.2. The van der Waals surface area contributed by atoms with Crippen LogP contribution in [0.1, 0.15) is 54.8 Å². The van der Waals surface area contributed by atoms with Gasteiger partial charge in [0.25, 0.3) is 5.56 Å². The standard InChI is InChI=1S/C16H21N3O2S/c1-3-21-11(2)16-17-13(10-22-16)9-19-15(20)8-12-6-4-5-7-14(12)18-19/h8,10-11H,3-7,9H2,1-2H3/t11-/m0/s1. The van der Waals surface area contributed by atoms with Crippen LogP contribution in [0.5, 0.6) is 0 Å². The lowest BCUT2D eigenvalue weighted by molar-refractivity contribution is 0.0761. The molecular formula is C16H21N3O2S. The molecule has 0 bridgehead atoms. The fourth-order valence-corrected chi connectivity index (χ4v) is 3.58. The Morgan fingerprint density at radius 1 is 1.41 bits per heavy atom. The van der Waals surface area contributed by atoms with Gasteiger partial charge in [-0.05, 0) is 45.1 Å². The van der Waals surface area contributed by atoms with E-state index in [-0.39, 0.29) is 11.7 Å². The van der Waals surface area contributed by atoms with Crippen LogP contribution in [-0.2, 0) is 24.1 Å². The number of nitrogens with zero attached hydrogens (tertiary/aromatic N) is 3. The second-order valence-electron chi connectivity index (χ2n) is 5.59. The van der Waals surface area contributed by atoms with Gasteiger partial charge in [0.2, 0.25) is 0 Å². The smallest absolute Gasteiger partial charge is 0.267 e. The molecule has 2 aromatic heterocycles. The third-order valence-corrected chi connectivity index (χ3v) is 4.97. The van der Waals surface area contributed by atoms with Crippen LogP contribution in [-0.4, -0.2) is 21.4 Å². The Kier molecular flexibility index (Phi) is 4.69. The number of hydrogen-bond acceptors (Lipinski definition) is 5. The summed E-state index contributed by atoms with van der Waals surface area (Å²) in [6, 6.07) is 1.75. The zero-order valence-corrected chi connectivity index (χ0v) is 13.9. The molecule has 1 atom stereocenters. The van der Waals surface area contributed by atoms with Gasteiger partial charge in [-0.15, -0.1) is 11.3 Å². The number of thiazole rings is 1. The molecule has 1 aliphatic rings. The van der Waals surface area contributed by atoms with Crippen LogP contribution in [0.4, 0.5) is 0 Å². The Bertz CT molecular complexity index is 708. The van der Waals surface area contributed by atoms with E-state index < -0.39 is 0 Å². The number of rotatable bonds is 5. The molecule has 22 heavy (non-hydrogen) atoms. The Hall–Kier alpha value is -1.53. The van der Waals surface area contributed by atoms with Crippen LogP contribution in [0, 0.1) is 0 Å². The molecule has 0 amide bonds. The number of fused-ring (bicyclic) bond motifs is 1. The minimum atomic E-state index is -0.0342. The lowest BCUT2D eigenvalue weighted by Crippen LogP contribution is -2.26. The second kappa shape index (κ2) is 6.71. The van der Waals surface area contributed by atoms with Crippen molar-refractivity contribution >= 4 is 11.3 Å². The van der Waals surface area contributed by atoms with Crippen molar-refractivity contribution in [3.63, 3.8) is 0 Å². The monoisotopic (exact) mass is 319 g/mol. The summed E-state index contributed by atoms with van der Waals surface area (Å²) in [5.41, 5.74) is 3.03. The second-order valence-corrected chi connectivity index (χ2v) is 6.48. The van der Waals surface area contributed by atoms with Crippen molar-refractivity contribution in [3.8, 4) is 0 Å². The molecule has 1 aliphatic carbocycles. The summed E-state index contributed by atoms with van der Waals surface area (Å²) in [4.78, 5) is 16.8. The predicted molar refractivity (Wildman–Crippen MR) is 86.4 cm³/mol. The summed E-state index contributed by atoms with van der Waals surface area (Å²) in [7, 11) is 0. The van der Waals surface area contributed by atoms with Crippen molar-refractivity contribution in [1.82, 2.24) is 14.8 Å². The summed E-state index contributed by atoms with van der Waals surface area (Å²) >= 11 is 1.57. The van der Waals surface area contributed by atoms with Crippen LogP contribution in [0.3, 0.4) is 0 Å². The maximum atomic E-state index is 12.2. The van der Waals surface area contributed by atoms with Gasteiger partial charge in [0, 0.05) is 18.1 Å². The van der Waals surface area contributed by atoms with E-state index in [4.69, 9.17) is 4.74 Å². The van der Waals surface area contributed by atoms with E-state index in [0.29, 0.717) is 13.2 Å². The van der Waals surface area contributed by atoms with Gasteiger partial charge < -0.3 is 4.74 Å². The minimum Gasteiger partial charge on any atom is -0.372 e. The Balaban J connectivity index is 1.80. The highest BCUT2D eigenvalue weighted by Crippen LogP contribution is 2.21. The normalized spacial score (nSPS) is 15.5. The van der Waals surface area contributed by atoms with Gasteiger partial charge >= 0.3 is 0 Å². The highest BCUT2D eigenvalue weighted by atomic mass is 32.1. The molecule has 0 saturated heterocycles. The molecular weight excluding hydrogens is 298 g/mol. The van der Waals surface area contributed by atoms with Gasteiger partial charge in [0.15, 0.2) is 0 Å². The topological polar surface area (TPSA) is 57.0 Å². The largest absolute Gasteiger partial charge is 0.372 e. The summed E-state index contributed by atoms with van der Waals surface area (Å²) in [6.45, 7) is 5.07. The van der Waals surface area contributed by atoms with Gasteiger partial charge in [0.1, 0.15) is 11.1 Å². The van der Waals surface area contributed by atoms with Crippen molar-refractivity contribution in [2.45, 2.75) is 52.2 Å². The molecule has 0 N–H and O–H groups in total. The van der Waals surface area contributed by atoms with Gasteiger partial charge in [0.05, 0.1) is 17.9 Å². The quantitative estimate of drug-likeness (QED) is 0.850. The highest BCUT2D eigenvalue weighted by molar-refractivity contribution is 7.09. The zero-order chi connectivity index (χ0) is 15.5. The average molecular weight is 319 g/mol. The average Bonchev–Trinajstić information content (AvgIpc) is 2.97. The van der Waals surface area contributed by atoms with Crippen LogP contribution >= 0.6 is 11.3 Å². The first-order valence-corrected chi connectivity index (χ1v) is 8.71. The van der Waals surface area contributed by atoms with E-state index in [9.17, 15) is 4.79 Å². The predicted octanol–water partition coefficient (Wildman–Crippen LogP) is 2.72. The molecule has 0 saturated carbocycles. The maximum Gasteiger partial charge on any atom is 0.267 e. The van der Waals surface area contributed by atoms with Crippen LogP contribution in [0.2, 0.25) is 0 Å². The summed E-state index contributed by atoms with van der Waals surface area (Å²) in [6.07, 6.45) is 4.26. The van der Waals surface area contributed by atoms with E-state index in [2.05, 4.69) is 10.1 Å². The van der Waals surface area contributed by atoms with Gasteiger partial charge in [-0.1, -0.05) is 0 Å². The SMILES string of the molecule is CCO[C@@H](C)c1nc(Cn2nc3c(cc2=O)CCCC3)cs1. The van der Waals surface area contributed by atoms with Gasteiger partial charge in [-0.2, -0.15) is 5.10 Å². The van der Waals surface area contributed by atoms with E-state index in [1.807, 2.05) is 19.2 Å². The molecule has 0 radical (unpaired) electrons. The molecule has 2 aromatic rings. The lowest BCUT2D eigenvalue weighted by atomic mass is 9.97. The molecule has 0 spiro atoms. The molecule has 6 heteroatoms. The van der Waals surface area contributed by atoms with Crippen molar-refractivity contribution in [2.24, 2.45) is 0 Å². The number of aryl methyl sites for hydroxylation is 2. The zero-order valence-electron chi connectivity index (χ0n) is 13.0. The molecule has 3 rings (SSSR count). The van der Waals surface area contributed by atoms with E-state index in [0.717, 1.165) is 47.6 Å². The molecule has 2 heterocycles. The first-order chi connectivity index (χ1) is 10.7. The van der Waals surface area contributed by atoms with Crippen LogP contribution in [0.15, 0.2) is 16.2 Å². The fourth-order valence-electron chi connectivity index (χ4n) is 2.77. The Labute approximate surface area is 134 Å². The van der Waals surface area contributed by atoms with Crippen molar-refractivity contribution < 1.29 is 4.74 Å². The third-order valence-electron chi connectivity index (χ3n) is 3.92. The molecule has 5 nitrogen and oxygen atoms in total. The summed E-state index contributed by atoms with van der Waals surface area (Å²) in [5.74, 6) is 0.